The van der Waals surface area contributed by atoms with E-state index in [1.807, 2.05) is 24.3 Å². The van der Waals surface area contributed by atoms with Crippen molar-refractivity contribution in [2.75, 3.05) is 0 Å². The predicted octanol–water partition coefficient (Wildman–Crippen LogP) is 8.21. The van der Waals surface area contributed by atoms with Gasteiger partial charge in [-0.25, -0.2) is 0 Å². The van der Waals surface area contributed by atoms with Crippen molar-refractivity contribution in [2.24, 2.45) is 11.5 Å². The predicted molar refractivity (Wildman–Crippen MR) is 180 cm³/mol. The zero-order chi connectivity index (χ0) is 29.3. The Bertz CT molecular complexity index is 1650. The van der Waals surface area contributed by atoms with Gasteiger partial charge in [-0.3, -0.25) is 10.6 Å². The molecular weight excluding hydrogens is 533 g/mol. The van der Waals surface area contributed by atoms with Gasteiger partial charge < -0.3 is 11.5 Å². The molecule has 5 aromatic carbocycles. The molecule has 0 aromatic heterocycles. The Labute approximate surface area is 253 Å². The Hall–Kier alpha value is -4.13. The molecule has 0 heterocycles. The van der Waals surface area contributed by atoms with Crippen LogP contribution in [0.2, 0.25) is 0 Å². The normalized spacial score (nSPS) is 13.7. The Balaban J connectivity index is 1.38. The second-order valence-corrected chi connectivity index (χ2v) is 11.5. The molecule has 0 saturated heterocycles. The molecule has 0 saturated carbocycles. The number of benzene rings is 5. The monoisotopic (exact) mass is 570 g/mol. The summed E-state index contributed by atoms with van der Waals surface area (Å²) in [6, 6.07) is 42.4. The van der Waals surface area contributed by atoms with Crippen molar-refractivity contribution in [3.8, 4) is 0 Å². The van der Waals surface area contributed by atoms with E-state index in [0.29, 0.717) is 5.70 Å². The first-order chi connectivity index (χ1) is 20.5. The second kappa shape index (κ2) is 14.2. The number of allylic oxidation sites excluding steroid dienone is 1. The molecule has 3 atom stereocenters. The molecule has 3 unspecified atom stereocenters. The van der Waals surface area contributed by atoms with Gasteiger partial charge >= 0.3 is 0 Å². The fraction of sp³-hybridized carbons (Fsp3) is 0.135. The Morgan fingerprint density at radius 1 is 0.762 bits per heavy atom. The first kappa shape index (κ1) is 29.4. The molecule has 6 N–H and O–H groups in total. The Morgan fingerprint density at radius 2 is 1.43 bits per heavy atom. The van der Waals surface area contributed by atoms with E-state index in [1.165, 1.54) is 21.9 Å². The number of fused-ring (bicyclic) bond motifs is 1. The molecule has 42 heavy (non-hydrogen) atoms. The van der Waals surface area contributed by atoms with E-state index in [2.05, 4.69) is 133 Å². The van der Waals surface area contributed by atoms with Crippen LogP contribution in [0.1, 0.15) is 53.1 Å². The second-order valence-electron chi connectivity index (χ2n) is 10.5. The number of rotatable bonds is 12. The highest BCUT2D eigenvalue weighted by Gasteiger charge is 2.19. The van der Waals surface area contributed by atoms with Crippen molar-refractivity contribution >= 4 is 28.6 Å². The smallest absolute Gasteiger partial charge is 0.0854 e. The van der Waals surface area contributed by atoms with E-state index in [1.54, 1.807) is 11.8 Å². The molecular formula is C37H38N4S. The van der Waals surface area contributed by atoms with Crippen LogP contribution in [-0.2, 0) is 5.75 Å². The van der Waals surface area contributed by atoms with Crippen LogP contribution in [0.5, 0.6) is 0 Å². The highest BCUT2D eigenvalue weighted by Crippen LogP contribution is 2.31. The number of nitrogens with two attached hydrogens (primary N) is 2. The summed E-state index contributed by atoms with van der Waals surface area (Å²) in [5.41, 5.74) is 18.9. The number of thioether (sulfide) groups is 1. The molecule has 5 rings (SSSR count). The summed E-state index contributed by atoms with van der Waals surface area (Å²) in [6.45, 7) is 6.00. The van der Waals surface area contributed by atoms with Gasteiger partial charge in [0.15, 0.2) is 0 Å². The highest BCUT2D eigenvalue weighted by molar-refractivity contribution is 7.98. The number of hydrogen-bond acceptors (Lipinski definition) is 5. The van der Waals surface area contributed by atoms with Gasteiger partial charge in [0.25, 0.3) is 0 Å². The van der Waals surface area contributed by atoms with E-state index in [-0.39, 0.29) is 12.2 Å². The fourth-order valence-electron chi connectivity index (χ4n) is 4.94. The Morgan fingerprint density at radius 3 is 2.14 bits per heavy atom. The van der Waals surface area contributed by atoms with Crippen molar-refractivity contribution in [2.45, 2.75) is 35.9 Å². The van der Waals surface area contributed by atoms with Crippen LogP contribution in [0.3, 0.4) is 0 Å². The number of hydrogen-bond donors (Lipinski definition) is 4. The van der Waals surface area contributed by atoms with Crippen molar-refractivity contribution in [3.05, 3.63) is 167 Å². The van der Waals surface area contributed by atoms with Gasteiger partial charge in [-0.15, -0.1) is 11.8 Å². The lowest BCUT2D eigenvalue weighted by Gasteiger charge is -2.28. The zero-order valence-electron chi connectivity index (χ0n) is 23.9. The third kappa shape index (κ3) is 7.78. The number of nitrogens with one attached hydrogen (secondary N) is 2. The van der Waals surface area contributed by atoms with Crippen LogP contribution in [0.15, 0.2) is 145 Å². The van der Waals surface area contributed by atoms with Crippen LogP contribution in [0.25, 0.3) is 16.8 Å². The van der Waals surface area contributed by atoms with Crippen LogP contribution in [0.4, 0.5) is 0 Å². The van der Waals surface area contributed by atoms with Gasteiger partial charge in [0.05, 0.1) is 12.3 Å². The lowest BCUT2D eigenvalue weighted by Crippen LogP contribution is -2.41. The summed E-state index contributed by atoms with van der Waals surface area (Å²) in [5.74, 6) is 0.837. The van der Waals surface area contributed by atoms with Gasteiger partial charge in [0.2, 0.25) is 0 Å². The van der Waals surface area contributed by atoms with Crippen LogP contribution in [-0.4, -0.2) is 0 Å². The summed E-state index contributed by atoms with van der Waals surface area (Å²) in [5, 5.41) is 9.88. The molecule has 5 heteroatoms. The molecule has 212 valence electrons. The van der Waals surface area contributed by atoms with E-state index in [4.69, 9.17) is 11.5 Å². The molecule has 0 radical (unpaired) electrons. The van der Waals surface area contributed by atoms with Crippen LogP contribution >= 0.6 is 11.8 Å². The average Bonchev–Trinajstić information content (AvgIpc) is 3.03. The maximum Gasteiger partial charge on any atom is 0.0854 e. The summed E-state index contributed by atoms with van der Waals surface area (Å²) in [6.07, 6.45) is 3.32. The maximum absolute atomic E-state index is 6.85. The molecule has 0 aliphatic heterocycles. The molecule has 0 aliphatic carbocycles. The summed E-state index contributed by atoms with van der Waals surface area (Å²) >= 11 is 1.79. The third-order valence-corrected chi connectivity index (χ3v) is 8.42. The van der Waals surface area contributed by atoms with Crippen molar-refractivity contribution < 1.29 is 0 Å². The van der Waals surface area contributed by atoms with E-state index in [9.17, 15) is 0 Å². The van der Waals surface area contributed by atoms with E-state index in [0.717, 1.165) is 27.3 Å². The highest BCUT2D eigenvalue weighted by atomic mass is 32.2. The topological polar surface area (TPSA) is 76.1 Å². The lowest BCUT2D eigenvalue weighted by molar-refractivity contribution is 0.356. The minimum atomic E-state index is -0.395. The molecule has 0 aliphatic rings. The van der Waals surface area contributed by atoms with Crippen molar-refractivity contribution in [3.63, 3.8) is 0 Å². The molecule has 0 fully saturated rings. The summed E-state index contributed by atoms with van der Waals surface area (Å²) in [7, 11) is 0. The molecule has 0 amide bonds. The minimum absolute atomic E-state index is 0.126. The lowest BCUT2D eigenvalue weighted by atomic mass is 10.1. The molecule has 0 spiro atoms. The zero-order valence-corrected chi connectivity index (χ0v) is 24.7. The van der Waals surface area contributed by atoms with E-state index >= 15 is 0 Å². The largest absolute Gasteiger partial charge is 0.399 e. The van der Waals surface area contributed by atoms with Crippen LogP contribution < -0.4 is 22.1 Å². The SMILES string of the molecule is C=C(N)/C=C\c1ccc(C(N)NC(NC(C)c2ccccc2)c2ccccc2)cc1SCc1ccc2ccccc2c1. The van der Waals surface area contributed by atoms with Crippen molar-refractivity contribution in [1.29, 1.82) is 0 Å². The quantitative estimate of drug-likeness (QED) is 0.0691. The van der Waals surface area contributed by atoms with E-state index < -0.39 is 6.17 Å². The molecule has 0 bridgehead atoms. The van der Waals surface area contributed by atoms with Gasteiger partial charge in [-0.1, -0.05) is 128 Å². The van der Waals surface area contributed by atoms with Crippen LogP contribution in [0, 0.1) is 0 Å². The average molecular weight is 571 g/mol. The third-order valence-electron chi connectivity index (χ3n) is 7.28. The molecule has 4 nitrogen and oxygen atoms in total. The van der Waals surface area contributed by atoms with Crippen molar-refractivity contribution in [1.82, 2.24) is 10.6 Å². The Kier molecular flexibility index (Phi) is 9.90. The maximum atomic E-state index is 6.85. The summed E-state index contributed by atoms with van der Waals surface area (Å²) < 4.78 is 0. The first-order valence-electron chi connectivity index (χ1n) is 14.2. The van der Waals surface area contributed by atoms with Gasteiger partial charge in [-0.2, -0.15) is 0 Å². The molecule has 5 aromatic rings. The fourth-order valence-corrected chi connectivity index (χ4v) is 5.97. The minimum Gasteiger partial charge on any atom is -0.399 e. The standard InChI is InChI=1S/C37H38N4S/c1-26(38)17-19-31-21-22-34(24-35(31)42-25-28-18-20-30-13-9-10-16-33(30)23-28)36(39)41-37(32-14-7-4-8-15-32)40-27(2)29-11-5-3-6-12-29/h3-24,27,36-37,40-41H,1,25,38-39H2,2H3/b19-17-. The van der Waals surface area contributed by atoms with Gasteiger partial charge in [0, 0.05) is 22.4 Å². The first-order valence-corrected chi connectivity index (χ1v) is 15.2. The van der Waals surface area contributed by atoms with Gasteiger partial charge in [0.1, 0.15) is 0 Å². The van der Waals surface area contributed by atoms with Gasteiger partial charge in [-0.05, 0) is 57.7 Å². The summed E-state index contributed by atoms with van der Waals surface area (Å²) in [4.78, 5) is 1.14.